The normalized spacial score (nSPS) is 10.1. The first-order valence-electron chi connectivity index (χ1n) is 6.94. The highest BCUT2D eigenvalue weighted by molar-refractivity contribution is 9.10. The van der Waals surface area contributed by atoms with Crippen LogP contribution in [0.3, 0.4) is 0 Å². The number of anilines is 1. The van der Waals surface area contributed by atoms with Crippen LogP contribution in [-0.4, -0.2) is 32.1 Å². The van der Waals surface area contributed by atoms with Crippen LogP contribution < -0.4 is 5.32 Å². The molecule has 2 aromatic carbocycles. The van der Waals surface area contributed by atoms with Gasteiger partial charge in [-0.2, -0.15) is 0 Å². The first-order chi connectivity index (χ1) is 11.8. The van der Waals surface area contributed by atoms with Crippen LogP contribution in [0.15, 0.2) is 40.9 Å². The van der Waals surface area contributed by atoms with Crippen molar-refractivity contribution in [3.63, 3.8) is 0 Å². The summed E-state index contributed by atoms with van der Waals surface area (Å²) in [6, 6.07) is 7.87. The number of amides is 1. The van der Waals surface area contributed by atoms with Gasteiger partial charge >= 0.3 is 11.9 Å². The molecule has 1 amide bonds. The summed E-state index contributed by atoms with van der Waals surface area (Å²) < 4.78 is 23.6. The van der Waals surface area contributed by atoms with Gasteiger partial charge in [-0.25, -0.2) is 14.0 Å². The second-order valence-corrected chi connectivity index (χ2v) is 5.78. The predicted molar refractivity (Wildman–Crippen MR) is 91.2 cm³/mol. The Morgan fingerprint density at radius 1 is 0.960 bits per heavy atom. The average Bonchev–Trinajstić information content (AvgIpc) is 2.59. The molecule has 0 fully saturated rings. The maximum absolute atomic E-state index is 13.9. The van der Waals surface area contributed by atoms with Crippen molar-refractivity contribution in [1.82, 2.24) is 0 Å². The largest absolute Gasteiger partial charge is 0.465 e. The topological polar surface area (TPSA) is 81.7 Å². The van der Waals surface area contributed by atoms with Crippen molar-refractivity contribution >= 4 is 39.5 Å². The Kier molecular flexibility index (Phi) is 5.87. The quantitative estimate of drug-likeness (QED) is 0.782. The van der Waals surface area contributed by atoms with Crippen molar-refractivity contribution in [3.8, 4) is 0 Å². The van der Waals surface area contributed by atoms with Crippen molar-refractivity contribution in [2.75, 3.05) is 19.5 Å². The van der Waals surface area contributed by atoms with Gasteiger partial charge in [-0.3, -0.25) is 4.79 Å². The third-order valence-corrected chi connectivity index (χ3v) is 3.70. The van der Waals surface area contributed by atoms with Crippen LogP contribution in [0, 0.1) is 5.82 Å². The van der Waals surface area contributed by atoms with E-state index < -0.39 is 23.7 Å². The number of esters is 2. The lowest BCUT2D eigenvalue weighted by Crippen LogP contribution is -2.15. The highest BCUT2D eigenvalue weighted by Crippen LogP contribution is 2.20. The minimum absolute atomic E-state index is 0.0389. The molecule has 0 unspecified atom stereocenters. The summed E-state index contributed by atoms with van der Waals surface area (Å²) in [5, 5.41) is 2.45. The predicted octanol–water partition coefficient (Wildman–Crippen LogP) is 3.41. The number of carbonyl (C=O) groups is 3. The van der Waals surface area contributed by atoms with Gasteiger partial charge < -0.3 is 14.8 Å². The zero-order valence-corrected chi connectivity index (χ0v) is 14.8. The lowest BCUT2D eigenvalue weighted by Gasteiger charge is -2.10. The van der Waals surface area contributed by atoms with Crippen molar-refractivity contribution in [2.24, 2.45) is 0 Å². The van der Waals surface area contributed by atoms with Gasteiger partial charge in [0.2, 0.25) is 0 Å². The Balaban J connectivity index is 2.38. The summed E-state index contributed by atoms with van der Waals surface area (Å²) in [7, 11) is 2.37. The SMILES string of the molecule is COC(=O)c1cc(NC(=O)c2ccc(Br)cc2F)cc(C(=O)OC)c1. The number of benzene rings is 2. The van der Waals surface area contributed by atoms with Crippen LogP contribution in [-0.2, 0) is 9.47 Å². The fourth-order valence-electron chi connectivity index (χ4n) is 2.04. The third kappa shape index (κ3) is 4.42. The molecular weight excluding hydrogens is 397 g/mol. The molecule has 1 N–H and O–H groups in total. The van der Waals surface area contributed by atoms with Crippen molar-refractivity contribution in [2.45, 2.75) is 0 Å². The van der Waals surface area contributed by atoms with Crippen LogP contribution in [0.1, 0.15) is 31.1 Å². The maximum Gasteiger partial charge on any atom is 0.337 e. The van der Waals surface area contributed by atoms with Crippen LogP contribution in [0.4, 0.5) is 10.1 Å². The molecule has 8 heteroatoms. The summed E-state index contributed by atoms with van der Waals surface area (Å²) in [5.41, 5.74) is 0.0101. The molecule has 0 aliphatic carbocycles. The zero-order chi connectivity index (χ0) is 18.6. The Morgan fingerprint density at radius 2 is 1.52 bits per heavy atom. The Hall–Kier alpha value is -2.74. The zero-order valence-electron chi connectivity index (χ0n) is 13.3. The molecule has 0 aromatic heterocycles. The summed E-state index contributed by atoms with van der Waals surface area (Å²) in [4.78, 5) is 35.7. The van der Waals surface area contributed by atoms with Crippen LogP contribution in [0.25, 0.3) is 0 Å². The molecule has 0 saturated carbocycles. The molecule has 6 nitrogen and oxygen atoms in total. The lowest BCUT2D eigenvalue weighted by molar-refractivity contribution is 0.0599. The minimum Gasteiger partial charge on any atom is -0.465 e. The summed E-state index contributed by atoms with van der Waals surface area (Å²) >= 11 is 3.10. The van der Waals surface area contributed by atoms with Gasteiger partial charge in [0.05, 0.1) is 30.9 Å². The maximum atomic E-state index is 13.9. The minimum atomic E-state index is -0.733. The highest BCUT2D eigenvalue weighted by Gasteiger charge is 2.17. The van der Waals surface area contributed by atoms with E-state index in [0.29, 0.717) is 4.47 Å². The molecule has 0 atom stereocenters. The molecule has 0 saturated heterocycles. The number of hydrogen-bond acceptors (Lipinski definition) is 5. The number of hydrogen-bond donors (Lipinski definition) is 1. The number of nitrogens with one attached hydrogen (secondary N) is 1. The van der Waals surface area contributed by atoms with E-state index in [-0.39, 0.29) is 22.4 Å². The molecule has 0 radical (unpaired) electrons. The van der Waals surface area contributed by atoms with E-state index in [1.54, 1.807) is 0 Å². The molecule has 25 heavy (non-hydrogen) atoms. The fourth-order valence-corrected chi connectivity index (χ4v) is 2.38. The van der Waals surface area contributed by atoms with Crippen LogP contribution in [0.5, 0.6) is 0 Å². The molecular formula is C17H13BrFNO5. The first-order valence-corrected chi connectivity index (χ1v) is 7.73. The monoisotopic (exact) mass is 409 g/mol. The average molecular weight is 410 g/mol. The van der Waals surface area contributed by atoms with Gasteiger partial charge in [-0.05, 0) is 36.4 Å². The van der Waals surface area contributed by atoms with E-state index in [9.17, 15) is 18.8 Å². The molecule has 130 valence electrons. The third-order valence-electron chi connectivity index (χ3n) is 3.21. The van der Waals surface area contributed by atoms with Crippen molar-refractivity contribution in [1.29, 1.82) is 0 Å². The van der Waals surface area contributed by atoms with Crippen LogP contribution in [0.2, 0.25) is 0 Å². The number of ether oxygens (including phenoxy) is 2. The summed E-state index contributed by atoms with van der Waals surface area (Å²) in [6.07, 6.45) is 0. The molecule has 2 rings (SSSR count). The standard InChI is InChI=1S/C17H13BrFNO5/c1-24-16(22)9-5-10(17(23)25-2)7-12(6-9)20-15(21)13-4-3-11(18)8-14(13)19/h3-8H,1-2H3,(H,20,21). The Morgan fingerprint density at radius 3 is 2.00 bits per heavy atom. The van der Waals surface area contributed by atoms with E-state index in [1.807, 2.05) is 0 Å². The number of halogens is 2. The van der Waals surface area contributed by atoms with Gasteiger partial charge in [0, 0.05) is 10.2 Å². The van der Waals surface area contributed by atoms with Crippen LogP contribution >= 0.6 is 15.9 Å². The molecule has 0 heterocycles. The molecule has 0 aliphatic rings. The van der Waals surface area contributed by atoms with Gasteiger partial charge in [0.15, 0.2) is 0 Å². The van der Waals surface area contributed by atoms with E-state index in [0.717, 1.165) is 6.07 Å². The fraction of sp³-hybridized carbons (Fsp3) is 0.118. The number of rotatable bonds is 4. The lowest BCUT2D eigenvalue weighted by atomic mass is 10.1. The molecule has 0 aliphatic heterocycles. The van der Waals surface area contributed by atoms with Crippen molar-refractivity contribution < 1.29 is 28.2 Å². The summed E-state index contributed by atoms with van der Waals surface area (Å²) in [5.74, 6) is -2.85. The van der Waals surface area contributed by atoms with Gasteiger partial charge in [-0.1, -0.05) is 15.9 Å². The Labute approximate surface area is 151 Å². The smallest absolute Gasteiger partial charge is 0.337 e. The molecule has 2 aromatic rings. The molecule has 0 bridgehead atoms. The Bertz CT molecular complexity index is 819. The highest BCUT2D eigenvalue weighted by atomic mass is 79.9. The van der Waals surface area contributed by atoms with Crippen molar-refractivity contribution in [3.05, 3.63) is 63.4 Å². The first kappa shape index (κ1) is 18.6. The van der Waals surface area contributed by atoms with Gasteiger partial charge in [-0.15, -0.1) is 0 Å². The van der Waals surface area contributed by atoms with E-state index in [2.05, 4.69) is 30.7 Å². The van der Waals surface area contributed by atoms with E-state index in [1.165, 1.54) is 44.6 Å². The van der Waals surface area contributed by atoms with E-state index >= 15 is 0 Å². The van der Waals surface area contributed by atoms with Gasteiger partial charge in [0.1, 0.15) is 5.82 Å². The van der Waals surface area contributed by atoms with E-state index in [4.69, 9.17) is 0 Å². The number of carbonyl (C=O) groups excluding carboxylic acids is 3. The second kappa shape index (κ2) is 7.89. The molecule has 0 spiro atoms. The van der Waals surface area contributed by atoms with Gasteiger partial charge in [0.25, 0.3) is 5.91 Å². The summed E-state index contributed by atoms with van der Waals surface area (Å²) in [6.45, 7) is 0. The second-order valence-electron chi connectivity index (χ2n) is 4.86. The number of methoxy groups -OCH3 is 2.